The second-order valence-corrected chi connectivity index (χ2v) is 11.5. The number of carbonyl (C=O) groups is 1. The Hall–Kier alpha value is -0.870. The van der Waals surface area contributed by atoms with Crippen molar-refractivity contribution in [1.29, 1.82) is 0 Å². The topological polar surface area (TPSA) is 55.8 Å². The molecule has 1 rings (SSSR count). The third kappa shape index (κ3) is 18.1. The van der Waals surface area contributed by atoms with Gasteiger partial charge in [-0.3, -0.25) is 4.79 Å². The van der Waals surface area contributed by atoms with Crippen LogP contribution in [0.1, 0.15) is 168 Å². The van der Waals surface area contributed by atoms with Crippen LogP contribution in [-0.2, 0) is 14.3 Å². The molecule has 0 aliphatic carbocycles. The zero-order valence-corrected chi connectivity index (χ0v) is 24.7. The lowest BCUT2D eigenvalue weighted by Crippen LogP contribution is -2.27. The molecule has 0 amide bonds. The number of hydrogen-bond acceptors (Lipinski definition) is 4. The third-order valence-electron chi connectivity index (χ3n) is 7.93. The van der Waals surface area contributed by atoms with E-state index >= 15 is 0 Å². The molecule has 1 aliphatic heterocycles. The Morgan fingerprint density at radius 2 is 1.38 bits per heavy atom. The molecule has 1 saturated heterocycles. The first-order valence-electron chi connectivity index (χ1n) is 16.3. The number of rotatable bonds is 26. The molecular formula is C33H62O4. The molecule has 0 radical (unpaired) electrons. The molecule has 1 aliphatic rings. The van der Waals surface area contributed by atoms with Crippen molar-refractivity contribution in [2.75, 3.05) is 0 Å². The Labute approximate surface area is 230 Å². The van der Waals surface area contributed by atoms with Crippen LogP contribution in [0.4, 0.5) is 0 Å². The van der Waals surface area contributed by atoms with E-state index in [4.69, 9.17) is 9.47 Å². The van der Waals surface area contributed by atoms with E-state index in [0.29, 0.717) is 12.8 Å². The minimum absolute atomic E-state index is 0.0635. The normalized spacial score (nSPS) is 20.2. The average molecular weight is 523 g/mol. The Bertz CT molecular complexity index is 534. The number of ether oxygens (including phenoxy) is 2. The van der Waals surface area contributed by atoms with Gasteiger partial charge in [0, 0.05) is 12.8 Å². The van der Waals surface area contributed by atoms with Gasteiger partial charge in [0.25, 0.3) is 0 Å². The van der Waals surface area contributed by atoms with Gasteiger partial charge in [-0.05, 0) is 32.1 Å². The fraction of sp³-hybridized carbons (Fsp3) is 0.909. The van der Waals surface area contributed by atoms with Crippen molar-refractivity contribution in [3.05, 3.63) is 12.7 Å². The quantitative estimate of drug-likeness (QED) is 0.0698. The molecule has 0 aromatic rings. The van der Waals surface area contributed by atoms with Gasteiger partial charge in [-0.1, -0.05) is 129 Å². The van der Waals surface area contributed by atoms with E-state index in [9.17, 15) is 9.90 Å². The first-order chi connectivity index (χ1) is 18.1. The van der Waals surface area contributed by atoms with Gasteiger partial charge in [0.05, 0.1) is 18.3 Å². The summed E-state index contributed by atoms with van der Waals surface area (Å²) in [5, 5.41) is 10.8. The predicted octanol–water partition coefficient (Wildman–Crippen LogP) is 9.61. The van der Waals surface area contributed by atoms with Crippen LogP contribution in [0.25, 0.3) is 0 Å². The predicted molar refractivity (Wildman–Crippen MR) is 157 cm³/mol. The number of carbonyl (C=O) groups excluding carboxylic acids is 1. The Morgan fingerprint density at radius 1 is 0.838 bits per heavy atom. The lowest BCUT2D eigenvalue weighted by atomic mass is 10.00. The van der Waals surface area contributed by atoms with Crippen molar-refractivity contribution < 1.29 is 19.4 Å². The van der Waals surface area contributed by atoms with Crippen LogP contribution < -0.4 is 0 Å². The molecule has 0 aromatic carbocycles. The Balaban J connectivity index is 2.25. The minimum atomic E-state index is -0.461. The minimum Gasteiger partial charge on any atom is -0.459 e. The third-order valence-corrected chi connectivity index (χ3v) is 7.93. The highest BCUT2D eigenvalue weighted by Crippen LogP contribution is 2.31. The molecule has 0 bridgehead atoms. The van der Waals surface area contributed by atoms with E-state index in [1.807, 2.05) is 6.08 Å². The van der Waals surface area contributed by atoms with Crippen molar-refractivity contribution in [1.82, 2.24) is 0 Å². The first kappa shape index (κ1) is 34.2. The summed E-state index contributed by atoms with van der Waals surface area (Å²) in [5.41, 5.74) is 0. The van der Waals surface area contributed by atoms with Gasteiger partial charge in [0.1, 0.15) is 6.10 Å². The van der Waals surface area contributed by atoms with Gasteiger partial charge in [0.2, 0.25) is 0 Å². The molecule has 4 unspecified atom stereocenters. The van der Waals surface area contributed by atoms with E-state index in [1.54, 1.807) is 0 Å². The highest BCUT2D eigenvalue weighted by Gasteiger charge is 2.40. The van der Waals surface area contributed by atoms with Crippen LogP contribution in [0.15, 0.2) is 12.7 Å². The molecule has 37 heavy (non-hydrogen) atoms. The summed E-state index contributed by atoms with van der Waals surface area (Å²) in [4.78, 5) is 12.6. The van der Waals surface area contributed by atoms with Crippen molar-refractivity contribution in [3.63, 3.8) is 0 Å². The molecule has 4 nitrogen and oxygen atoms in total. The summed E-state index contributed by atoms with van der Waals surface area (Å²) >= 11 is 0. The van der Waals surface area contributed by atoms with Crippen molar-refractivity contribution >= 4 is 5.97 Å². The summed E-state index contributed by atoms with van der Waals surface area (Å²) in [5.74, 6) is -0.0836. The van der Waals surface area contributed by atoms with Crippen LogP contribution in [0.5, 0.6) is 0 Å². The fourth-order valence-corrected chi connectivity index (χ4v) is 5.49. The molecular weight excluding hydrogens is 460 g/mol. The van der Waals surface area contributed by atoms with E-state index in [-0.39, 0.29) is 24.3 Å². The number of unbranched alkanes of at least 4 members (excludes halogenated alkanes) is 17. The van der Waals surface area contributed by atoms with Crippen LogP contribution in [0, 0.1) is 0 Å². The van der Waals surface area contributed by atoms with Crippen LogP contribution in [0.2, 0.25) is 0 Å². The number of hydrogen-bond donors (Lipinski definition) is 1. The van der Waals surface area contributed by atoms with Crippen LogP contribution >= 0.6 is 0 Å². The van der Waals surface area contributed by atoms with Crippen molar-refractivity contribution in [3.8, 4) is 0 Å². The molecule has 1 fully saturated rings. The smallest absolute Gasteiger partial charge is 0.306 e. The zero-order valence-electron chi connectivity index (χ0n) is 24.7. The maximum absolute atomic E-state index is 12.6. The second-order valence-electron chi connectivity index (χ2n) is 11.5. The Morgan fingerprint density at radius 3 is 2.00 bits per heavy atom. The largest absolute Gasteiger partial charge is 0.459 e. The van der Waals surface area contributed by atoms with Crippen molar-refractivity contribution in [2.24, 2.45) is 0 Å². The standard InChI is InChI=1S/C33H62O4/c1-4-7-10-12-14-15-16-17-19-21-24-27-33(35)37-32-28-31(36-30(32)26-22-9-6-3)29(34)25-23-20-18-13-11-8-5-2/h5,29-32,34H,2,4,6-28H2,1,3H3. The average Bonchev–Trinajstić information content (AvgIpc) is 3.29. The summed E-state index contributed by atoms with van der Waals surface area (Å²) in [6, 6.07) is 0. The van der Waals surface area contributed by atoms with Gasteiger partial charge in [-0.25, -0.2) is 0 Å². The van der Waals surface area contributed by atoms with E-state index in [0.717, 1.165) is 57.8 Å². The SMILES string of the molecule is C=CCCCCCCCC(O)C1CC(OC(=O)CCCCCCCCCCCCC)C(CCCCC)O1. The summed E-state index contributed by atoms with van der Waals surface area (Å²) in [7, 11) is 0. The maximum Gasteiger partial charge on any atom is 0.306 e. The zero-order chi connectivity index (χ0) is 27.0. The van der Waals surface area contributed by atoms with E-state index in [2.05, 4.69) is 20.4 Å². The molecule has 0 spiro atoms. The second kappa shape index (κ2) is 24.2. The lowest BCUT2D eigenvalue weighted by molar-refractivity contribution is -0.152. The van der Waals surface area contributed by atoms with Gasteiger partial charge < -0.3 is 14.6 Å². The van der Waals surface area contributed by atoms with Crippen LogP contribution in [-0.4, -0.2) is 35.5 Å². The van der Waals surface area contributed by atoms with Gasteiger partial charge >= 0.3 is 5.97 Å². The highest BCUT2D eigenvalue weighted by molar-refractivity contribution is 5.69. The molecule has 1 N–H and O–H groups in total. The highest BCUT2D eigenvalue weighted by atomic mass is 16.6. The molecule has 4 heteroatoms. The van der Waals surface area contributed by atoms with Gasteiger partial charge in [-0.2, -0.15) is 0 Å². The summed E-state index contributed by atoms with van der Waals surface area (Å²) in [6.07, 6.45) is 28.3. The fourth-order valence-electron chi connectivity index (χ4n) is 5.49. The Kier molecular flexibility index (Phi) is 22.3. The molecule has 0 aromatic heterocycles. The van der Waals surface area contributed by atoms with E-state index in [1.165, 1.54) is 83.5 Å². The number of aliphatic hydroxyl groups excluding tert-OH is 1. The lowest BCUT2D eigenvalue weighted by Gasteiger charge is -2.20. The summed E-state index contributed by atoms with van der Waals surface area (Å²) < 4.78 is 12.2. The maximum atomic E-state index is 12.6. The number of allylic oxidation sites excluding steroid dienone is 1. The molecule has 1 heterocycles. The van der Waals surface area contributed by atoms with Gasteiger partial charge in [0.15, 0.2) is 0 Å². The van der Waals surface area contributed by atoms with Gasteiger partial charge in [-0.15, -0.1) is 6.58 Å². The van der Waals surface area contributed by atoms with E-state index < -0.39 is 6.10 Å². The molecule has 4 atom stereocenters. The summed E-state index contributed by atoms with van der Waals surface area (Å²) in [6.45, 7) is 8.24. The van der Waals surface area contributed by atoms with Crippen molar-refractivity contribution in [2.45, 2.75) is 192 Å². The molecule has 0 saturated carbocycles. The number of aliphatic hydroxyl groups is 1. The monoisotopic (exact) mass is 522 g/mol. The first-order valence-corrected chi connectivity index (χ1v) is 16.3. The molecule has 218 valence electrons. The van der Waals surface area contributed by atoms with Crippen LogP contribution in [0.3, 0.4) is 0 Å². The number of esters is 1.